The molecular formula is C28H33N3O6. The van der Waals surface area contributed by atoms with E-state index >= 15 is 0 Å². The van der Waals surface area contributed by atoms with E-state index in [1.54, 1.807) is 53.4 Å². The third kappa shape index (κ3) is 8.20. The third-order valence-electron chi connectivity index (χ3n) is 5.62. The molecule has 9 heteroatoms. The first-order valence-electron chi connectivity index (χ1n) is 12.1. The van der Waals surface area contributed by atoms with Gasteiger partial charge in [0.15, 0.2) is 0 Å². The number of rotatable bonds is 7. The fourth-order valence-electron chi connectivity index (χ4n) is 3.77. The van der Waals surface area contributed by atoms with Crippen LogP contribution in [-0.2, 0) is 20.8 Å². The van der Waals surface area contributed by atoms with Crippen molar-refractivity contribution in [1.82, 2.24) is 10.2 Å². The Morgan fingerprint density at radius 1 is 1.05 bits per heavy atom. The summed E-state index contributed by atoms with van der Waals surface area (Å²) in [7, 11) is 0. The monoisotopic (exact) mass is 507 g/mol. The van der Waals surface area contributed by atoms with Crippen molar-refractivity contribution in [2.75, 3.05) is 18.4 Å². The lowest BCUT2D eigenvalue weighted by Gasteiger charge is -2.33. The van der Waals surface area contributed by atoms with Crippen molar-refractivity contribution in [3.63, 3.8) is 0 Å². The predicted molar refractivity (Wildman–Crippen MR) is 139 cm³/mol. The number of amides is 3. The Bertz CT molecular complexity index is 1160. The molecule has 2 aromatic carbocycles. The van der Waals surface area contributed by atoms with Gasteiger partial charge in [-0.05, 0) is 56.7 Å². The number of benzene rings is 2. The third-order valence-corrected chi connectivity index (χ3v) is 5.62. The summed E-state index contributed by atoms with van der Waals surface area (Å²) in [5.74, 6) is -1.21. The Morgan fingerprint density at radius 2 is 1.76 bits per heavy atom. The van der Waals surface area contributed by atoms with E-state index in [9.17, 15) is 19.2 Å². The topological polar surface area (TPSA) is 114 Å². The number of hydrogen-bond acceptors (Lipinski definition) is 6. The van der Waals surface area contributed by atoms with Gasteiger partial charge in [0.25, 0.3) is 5.91 Å². The van der Waals surface area contributed by atoms with E-state index in [-0.39, 0.29) is 30.6 Å². The molecule has 0 aromatic heterocycles. The Labute approximate surface area is 216 Å². The molecule has 2 aromatic rings. The summed E-state index contributed by atoms with van der Waals surface area (Å²) in [6.45, 7) is 9.93. The lowest BCUT2D eigenvalue weighted by molar-refractivity contribution is -0.116. The second-order valence-corrected chi connectivity index (χ2v) is 9.69. The molecule has 0 spiro atoms. The minimum atomic E-state index is -0.565. The van der Waals surface area contributed by atoms with Gasteiger partial charge in [0.05, 0.1) is 5.56 Å². The number of carbonyl (C=O) groups excluding carboxylic acids is 4. The van der Waals surface area contributed by atoms with E-state index in [0.717, 1.165) is 6.08 Å². The van der Waals surface area contributed by atoms with E-state index < -0.39 is 11.6 Å². The summed E-state index contributed by atoms with van der Waals surface area (Å²) >= 11 is 0. The normalized spacial score (nSPS) is 13.9. The molecule has 1 aliphatic rings. The standard InChI is InChI=1S/C28H33N3O6/c1-5-24(32)29-18-20-9-6-7-12-23(20)25(33)30-21-11-8-10-19(17-21)26(34)36-22-13-15-31(16-14-22)27(35)37-28(2,3)4/h5-12,17,22H,1,13-16,18H2,2-4H3,(H,29,32)(H,30,33). The lowest BCUT2D eigenvalue weighted by Crippen LogP contribution is -2.43. The summed E-state index contributed by atoms with van der Waals surface area (Å²) in [4.78, 5) is 51.0. The number of nitrogens with one attached hydrogen (secondary N) is 2. The van der Waals surface area contributed by atoms with Gasteiger partial charge in [0.1, 0.15) is 11.7 Å². The van der Waals surface area contributed by atoms with E-state index in [4.69, 9.17) is 9.47 Å². The first-order chi connectivity index (χ1) is 17.6. The van der Waals surface area contributed by atoms with Crippen LogP contribution in [0.15, 0.2) is 61.2 Å². The Kier molecular flexibility index (Phi) is 9.05. The van der Waals surface area contributed by atoms with Crippen LogP contribution in [0.4, 0.5) is 10.5 Å². The van der Waals surface area contributed by atoms with Gasteiger partial charge in [-0.15, -0.1) is 0 Å². The van der Waals surface area contributed by atoms with Crippen molar-refractivity contribution in [2.24, 2.45) is 0 Å². The molecule has 1 aliphatic heterocycles. The molecule has 1 saturated heterocycles. The van der Waals surface area contributed by atoms with Crippen LogP contribution in [0.3, 0.4) is 0 Å². The van der Waals surface area contributed by atoms with Gasteiger partial charge in [-0.2, -0.15) is 0 Å². The first kappa shape index (κ1) is 27.4. The van der Waals surface area contributed by atoms with Crippen molar-refractivity contribution in [3.05, 3.63) is 77.9 Å². The van der Waals surface area contributed by atoms with E-state index in [0.29, 0.717) is 48.3 Å². The molecule has 196 valence electrons. The minimum Gasteiger partial charge on any atom is -0.459 e. The number of anilines is 1. The second-order valence-electron chi connectivity index (χ2n) is 9.69. The molecule has 0 radical (unpaired) electrons. The summed E-state index contributed by atoms with van der Waals surface area (Å²) < 4.78 is 11.1. The van der Waals surface area contributed by atoms with Crippen molar-refractivity contribution < 1.29 is 28.7 Å². The Hall–Kier alpha value is -4.14. The number of piperidine rings is 1. The lowest BCUT2D eigenvalue weighted by atomic mass is 10.1. The second kappa shape index (κ2) is 12.2. The molecule has 0 unspecified atom stereocenters. The molecule has 3 amide bonds. The summed E-state index contributed by atoms with van der Waals surface area (Å²) in [6.07, 6.45) is 1.51. The number of likely N-dealkylation sites (tertiary alicyclic amines) is 1. The molecule has 0 bridgehead atoms. The van der Waals surface area contributed by atoms with Gasteiger partial charge in [0, 0.05) is 43.7 Å². The first-order valence-corrected chi connectivity index (χ1v) is 12.1. The maximum absolute atomic E-state index is 12.9. The fraction of sp³-hybridized carbons (Fsp3) is 0.357. The molecule has 0 aliphatic carbocycles. The van der Waals surface area contributed by atoms with Gasteiger partial charge in [-0.1, -0.05) is 30.8 Å². The van der Waals surface area contributed by atoms with E-state index in [1.165, 1.54) is 0 Å². The average Bonchev–Trinajstić information content (AvgIpc) is 2.87. The van der Waals surface area contributed by atoms with Crippen LogP contribution in [0.1, 0.15) is 59.9 Å². The van der Waals surface area contributed by atoms with Gasteiger partial charge in [-0.25, -0.2) is 9.59 Å². The molecule has 2 N–H and O–H groups in total. The zero-order chi connectivity index (χ0) is 27.0. The van der Waals surface area contributed by atoms with Crippen LogP contribution in [0.25, 0.3) is 0 Å². The average molecular weight is 508 g/mol. The van der Waals surface area contributed by atoms with Crippen molar-refractivity contribution in [2.45, 2.75) is 51.9 Å². The highest BCUT2D eigenvalue weighted by atomic mass is 16.6. The van der Waals surface area contributed by atoms with Crippen LogP contribution in [0.5, 0.6) is 0 Å². The Balaban J connectivity index is 1.57. The minimum absolute atomic E-state index is 0.174. The van der Waals surface area contributed by atoms with E-state index in [1.807, 2.05) is 20.8 Å². The van der Waals surface area contributed by atoms with Gasteiger partial charge >= 0.3 is 12.1 Å². The van der Waals surface area contributed by atoms with Gasteiger partial charge in [0.2, 0.25) is 5.91 Å². The van der Waals surface area contributed by atoms with Gasteiger partial charge < -0.3 is 25.0 Å². The summed E-state index contributed by atoms with van der Waals surface area (Å²) in [5.41, 5.74) is 1.22. The fourth-order valence-corrected chi connectivity index (χ4v) is 3.77. The molecule has 0 atom stereocenters. The largest absolute Gasteiger partial charge is 0.459 e. The van der Waals surface area contributed by atoms with Crippen molar-refractivity contribution in [3.8, 4) is 0 Å². The number of ether oxygens (including phenoxy) is 2. The zero-order valence-corrected chi connectivity index (χ0v) is 21.4. The van der Waals surface area contributed by atoms with E-state index in [2.05, 4.69) is 17.2 Å². The molecule has 1 heterocycles. The van der Waals surface area contributed by atoms with Crippen LogP contribution >= 0.6 is 0 Å². The number of nitrogens with zero attached hydrogens (tertiary/aromatic N) is 1. The van der Waals surface area contributed by atoms with Crippen molar-refractivity contribution in [1.29, 1.82) is 0 Å². The van der Waals surface area contributed by atoms with Gasteiger partial charge in [-0.3, -0.25) is 9.59 Å². The number of hydrogen-bond donors (Lipinski definition) is 2. The smallest absolute Gasteiger partial charge is 0.410 e. The highest BCUT2D eigenvalue weighted by molar-refractivity contribution is 6.06. The molecule has 37 heavy (non-hydrogen) atoms. The highest BCUT2D eigenvalue weighted by Gasteiger charge is 2.28. The molecule has 0 saturated carbocycles. The molecule has 1 fully saturated rings. The van der Waals surface area contributed by atoms with Crippen LogP contribution in [-0.4, -0.2) is 53.6 Å². The quantitative estimate of drug-likeness (QED) is 0.427. The van der Waals surface area contributed by atoms with Crippen LogP contribution in [0.2, 0.25) is 0 Å². The predicted octanol–water partition coefficient (Wildman–Crippen LogP) is 4.30. The van der Waals surface area contributed by atoms with Crippen molar-refractivity contribution >= 4 is 29.6 Å². The zero-order valence-electron chi connectivity index (χ0n) is 21.4. The Morgan fingerprint density at radius 3 is 2.43 bits per heavy atom. The molecular weight excluding hydrogens is 474 g/mol. The maximum Gasteiger partial charge on any atom is 0.410 e. The number of carbonyl (C=O) groups is 4. The SMILES string of the molecule is C=CC(=O)NCc1ccccc1C(=O)Nc1cccc(C(=O)OC2CCN(C(=O)OC(C)(C)C)CC2)c1. The summed E-state index contributed by atoms with van der Waals surface area (Å²) in [5, 5.41) is 5.46. The molecule has 3 rings (SSSR count). The van der Waals surface area contributed by atoms with Crippen LogP contribution < -0.4 is 10.6 Å². The highest BCUT2D eigenvalue weighted by Crippen LogP contribution is 2.20. The summed E-state index contributed by atoms with van der Waals surface area (Å²) in [6, 6.07) is 13.4. The van der Waals surface area contributed by atoms with Crippen LogP contribution in [0, 0.1) is 0 Å². The molecule has 9 nitrogen and oxygen atoms in total. The maximum atomic E-state index is 12.9. The number of esters is 1.